The van der Waals surface area contributed by atoms with E-state index in [-0.39, 0.29) is 9.23 Å². The zero-order valence-electron chi connectivity index (χ0n) is 9.26. The number of nitrogens with one attached hydrogen (secondary N) is 1. The Morgan fingerprint density at radius 1 is 1.41 bits per heavy atom. The summed E-state index contributed by atoms with van der Waals surface area (Å²) in [5.41, 5.74) is -0.627. The molecule has 1 aromatic rings. The zero-order valence-corrected chi connectivity index (χ0v) is 13.2. The van der Waals surface area contributed by atoms with Crippen molar-refractivity contribution in [3.05, 3.63) is 14.7 Å². The molecule has 0 amide bonds. The van der Waals surface area contributed by atoms with Crippen molar-refractivity contribution < 1.29 is 8.42 Å². The summed E-state index contributed by atoms with van der Waals surface area (Å²) in [5.74, 6) is 0.369. The fourth-order valence-corrected chi connectivity index (χ4v) is 5.28. The van der Waals surface area contributed by atoms with Crippen molar-refractivity contribution in [2.45, 2.75) is 30.7 Å². The van der Waals surface area contributed by atoms with E-state index in [0.717, 1.165) is 11.3 Å². The Balaban J connectivity index is 3.01. The molecule has 0 bridgehead atoms. The Kier molecular flexibility index (Phi) is 5.15. The first-order chi connectivity index (χ1) is 7.68. The maximum absolute atomic E-state index is 12.1. The summed E-state index contributed by atoms with van der Waals surface area (Å²) in [6, 6.07) is 1.34. The molecule has 0 aliphatic carbocycles. The van der Waals surface area contributed by atoms with Crippen molar-refractivity contribution in [2.24, 2.45) is 0 Å². The van der Waals surface area contributed by atoms with Crippen molar-refractivity contribution in [1.29, 1.82) is 0 Å². The third-order valence-corrected chi connectivity index (χ3v) is 5.69. The summed E-state index contributed by atoms with van der Waals surface area (Å²) >= 11 is 18.2. The van der Waals surface area contributed by atoms with E-state index in [4.69, 9.17) is 34.8 Å². The van der Waals surface area contributed by atoms with Crippen molar-refractivity contribution in [3.63, 3.8) is 0 Å². The predicted octanol–water partition coefficient (Wildman–Crippen LogP) is 3.74. The van der Waals surface area contributed by atoms with Gasteiger partial charge in [0, 0.05) is 11.4 Å². The quantitative estimate of drug-likeness (QED) is 0.833. The van der Waals surface area contributed by atoms with Crippen LogP contribution in [0, 0.1) is 0 Å². The van der Waals surface area contributed by atoms with E-state index in [1.165, 1.54) is 6.07 Å². The summed E-state index contributed by atoms with van der Waals surface area (Å²) in [6.45, 7) is 3.52. The van der Waals surface area contributed by atoms with Crippen LogP contribution in [0.25, 0.3) is 0 Å². The highest BCUT2D eigenvalue weighted by Gasteiger charge is 2.28. The van der Waals surface area contributed by atoms with E-state index in [9.17, 15) is 8.42 Å². The van der Waals surface area contributed by atoms with Crippen LogP contribution in [-0.4, -0.2) is 19.8 Å². The number of thiophene rings is 1. The van der Waals surface area contributed by atoms with Gasteiger partial charge in [-0.2, -0.15) is 0 Å². The molecule has 1 aromatic heterocycles. The van der Waals surface area contributed by atoms with Crippen molar-refractivity contribution in [1.82, 2.24) is 4.72 Å². The van der Waals surface area contributed by atoms with E-state index in [0.29, 0.717) is 16.6 Å². The van der Waals surface area contributed by atoms with Gasteiger partial charge in [0.2, 0.25) is 10.0 Å². The van der Waals surface area contributed by atoms with E-state index >= 15 is 0 Å². The fraction of sp³-hybridized carbons (Fsp3) is 0.556. The Bertz CT molecular complexity index is 496. The number of hydrogen-bond acceptors (Lipinski definition) is 3. The second kappa shape index (κ2) is 5.63. The Labute approximate surface area is 120 Å². The van der Waals surface area contributed by atoms with Crippen LogP contribution in [0.4, 0.5) is 0 Å². The summed E-state index contributed by atoms with van der Waals surface area (Å²) in [7, 11) is -3.66. The average Bonchev–Trinajstić information content (AvgIpc) is 2.43. The first-order valence-corrected chi connectivity index (χ1v) is 8.32. The molecule has 0 saturated heterocycles. The zero-order chi connectivity index (χ0) is 13.3. The smallest absolute Gasteiger partial charge is 0.207 e. The second-order valence-electron chi connectivity index (χ2n) is 4.12. The molecule has 0 saturated carbocycles. The molecule has 0 aromatic carbocycles. The SMILES string of the molecule is CC(C)(CCCl)NS(=O)(=O)c1cc(Cl)sc1Cl. The van der Waals surface area contributed by atoms with Gasteiger partial charge in [-0.05, 0) is 26.3 Å². The lowest BCUT2D eigenvalue weighted by molar-refractivity contribution is 0.442. The lowest BCUT2D eigenvalue weighted by atomic mass is 10.0. The topological polar surface area (TPSA) is 46.2 Å². The lowest BCUT2D eigenvalue weighted by Crippen LogP contribution is -2.43. The molecule has 0 unspecified atom stereocenters. The molecule has 0 radical (unpaired) electrons. The van der Waals surface area contributed by atoms with E-state index in [2.05, 4.69) is 4.72 Å². The van der Waals surface area contributed by atoms with Gasteiger partial charge >= 0.3 is 0 Å². The Morgan fingerprint density at radius 3 is 2.41 bits per heavy atom. The summed E-state index contributed by atoms with van der Waals surface area (Å²) in [4.78, 5) is 0.0109. The van der Waals surface area contributed by atoms with Crippen molar-refractivity contribution in [2.75, 3.05) is 5.88 Å². The van der Waals surface area contributed by atoms with Gasteiger partial charge < -0.3 is 0 Å². The van der Waals surface area contributed by atoms with Crippen LogP contribution in [0.2, 0.25) is 8.67 Å². The van der Waals surface area contributed by atoms with Gasteiger partial charge in [0.15, 0.2) is 0 Å². The van der Waals surface area contributed by atoms with Crippen LogP contribution in [0.3, 0.4) is 0 Å². The molecule has 0 aliphatic rings. The van der Waals surface area contributed by atoms with Gasteiger partial charge in [-0.25, -0.2) is 13.1 Å². The summed E-state index contributed by atoms with van der Waals surface area (Å²) < 4.78 is 27.2. The molecule has 0 spiro atoms. The number of alkyl halides is 1. The number of sulfonamides is 1. The van der Waals surface area contributed by atoms with Gasteiger partial charge in [-0.3, -0.25) is 0 Å². The minimum Gasteiger partial charge on any atom is -0.207 e. The highest BCUT2D eigenvalue weighted by Crippen LogP contribution is 2.34. The molecule has 98 valence electrons. The molecular formula is C9H12Cl3NO2S2. The number of hydrogen-bond donors (Lipinski definition) is 1. The molecule has 0 aliphatic heterocycles. The Morgan fingerprint density at radius 2 is 2.00 bits per heavy atom. The maximum atomic E-state index is 12.1. The third-order valence-electron chi connectivity index (χ3n) is 2.05. The lowest BCUT2D eigenvalue weighted by Gasteiger charge is -2.24. The fourth-order valence-electron chi connectivity index (χ4n) is 1.21. The normalized spacial score (nSPS) is 13.0. The number of rotatable bonds is 5. The van der Waals surface area contributed by atoms with Gasteiger partial charge in [0.05, 0.1) is 4.34 Å². The monoisotopic (exact) mass is 335 g/mol. The van der Waals surface area contributed by atoms with Crippen LogP contribution in [0.15, 0.2) is 11.0 Å². The molecule has 3 nitrogen and oxygen atoms in total. The van der Waals surface area contributed by atoms with Crippen molar-refractivity contribution >= 4 is 56.2 Å². The molecule has 8 heteroatoms. The highest BCUT2D eigenvalue weighted by molar-refractivity contribution is 7.89. The van der Waals surface area contributed by atoms with E-state index in [1.54, 1.807) is 13.8 Å². The molecular weight excluding hydrogens is 325 g/mol. The molecule has 0 fully saturated rings. The number of halogens is 3. The van der Waals surface area contributed by atoms with Crippen LogP contribution in [0.5, 0.6) is 0 Å². The van der Waals surface area contributed by atoms with Crippen LogP contribution in [0.1, 0.15) is 20.3 Å². The Hall–Kier alpha value is 0.480. The minimum atomic E-state index is -3.66. The van der Waals surface area contributed by atoms with Gasteiger partial charge in [-0.1, -0.05) is 23.2 Å². The maximum Gasteiger partial charge on any atom is 0.243 e. The predicted molar refractivity (Wildman–Crippen MR) is 74.1 cm³/mol. The molecule has 0 atom stereocenters. The van der Waals surface area contributed by atoms with E-state index in [1.807, 2.05) is 0 Å². The molecule has 1 rings (SSSR count). The second-order valence-corrected chi connectivity index (χ2v) is 8.43. The summed E-state index contributed by atoms with van der Waals surface area (Å²) in [6.07, 6.45) is 0.517. The molecule has 1 N–H and O–H groups in total. The third kappa shape index (κ3) is 4.26. The summed E-state index contributed by atoms with van der Waals surface area (Å²) in [5, 5.41) is 0. The highest BCUT2D eigenvalue weighted by atomic mass is 35.5. The van der Waals surface area contributed by atoms with Crippen LogP contribution >= 0.6 is 46.1 Å². The van der Waals surface area contributed by atoms with Gasteiger partial charge in [0.1, 0.15) is 9.23 Å². The molecule has 17 heavy (non-hydrogen) atoms. The van der Waals surface area contributed by atoms with Crippen molar-refractivity contribution in [3.8, 4) is 0 Å². The largest absolute Gasteiger partial charge is 0.243 e. The van der Waals surface area contributed by atoms with Crippen LogP contribution < -0.4 is 4.72 Å². The van der Waals surface area contributed by atoms with Gasteiger partial charge in [-0.15, -0.1) is 22.9 Å². The van der Waals surface area contributed by atoms with Crippen LogP contribution in [-0.2, 0) is 10.0 Å². The first-order valence-electron chi connectivity index (χ1n) is 4.73. The van der Waals surface area contributed by atoms with Gasteiger partial charge in [0.25, 0.3) is 0 Å². The van der Waals surface area contributed by atoms with E-state index < -0.39 is 15.6 Å². The standard InChI is InChI=1S/C9H12Cl3NO2S2/c1-9(2,3-4-10)13-17(14,15)6-5-7(11)16-8(6)12/h5,13H,3-4H2,1-2H3. The first kappa shape index (κ1) is 15.5. The average molecular weight is 337 g/mol. The minimum absolute atomic E-state index is 0.0109. The molecule has 1 heterocycles.